The second-order valence-electron chi connectivity index (χ2n) is 8.16. The molecule has 2 fully saturated rings. The van der Waals surface area contributed by atoms with Crippen molar-refractivity contribution in [2.24, 2.45) is 11.8 Å². The molecule has 0 aromatic heterocycles. The van der Waals surface area contributed by atoms with Crippen LogP contribution in [0.4, 0.5) is 0 Å². The van der Waals surface area contributed by atoms with E-state index in [2.05, 4.69) is 35.2 Å². The summed E-state index contributed by atoms with van der Waals surface area (Å²) in [4.78, 5) is 31.4. The average molecular weight is 372 g/mol. The van der Waals surface area contributed by atoms with Gasteiger partial charge in [-0.1, -0.05) is 44.2 Å². The molecule has 148 valence electrons. The fraction of sp³-hybridized carbons (Fsp3) is 0.636. The van der Waals surface area contributed by atoms with Crippen LogP contribution in [0.2, 0.25) is 0 Å². The lowest BCUT2D eigenvalue weighted by Crippen LogP contribution is -2.52. The summed E-state index contributed by atoms with van der Waals surface area (Å²) >= 11 is 0. The quantitative estimate of drug-likeness (QED) is 0.798. The highest BCUT2D eigenvalue weighted by Crippen LogP contribution is 2.22. The molecule has 0 bridgehead atoms. The van der Waals surface area contributed by atoms with Gasteiger partial charge in [0.15, 0.2) is 0 Å². The third kappa shape index (κ3) is 5.32. The molecular formula is C22H33N3O2. The Kier molecular flexibility index (Phi) is 6.89. The number of benzene rings is 1. The largest absolute Gasteiger partial charge is 0.342 e. The van der Waals surface area contributed by atoms with Gasteiger partial charge in [0.05, 0.1) is 0 Å². The lowest BCUT2D eigenvalue weighted by Gasteiger charge is -2.39. The van der Waals surface area contributed by atoms with E-state index in [0.29, 0.717) is 5.91 Å². The number of rotatable bonds is 5. The van der Waals surface area contributed by atoms with Crippen molar-refractivity contribution in [1.82, 2.24) is 14.7 Å². The van der Waals surface area contributed by atoms with Gasteiger partial charge in [0, 0.05) is 57.6 Å². The first-order valence-corrected chi connectivity index (χ1v) is 10.4. The van der Waals surface area contributed by atoms with Crippen LogP contribution < -0.4 is 0 Å². The Balaban J connectivity index is 1.39. The Bertz CT molecular complexity index is 616. The van der Waals surface area contributed by atoms with Crippen molar-refractivity contribution in [3.63, 3.8) is 0 Å². The smallest absolute Gasteiger partial charge is 0.225 e. The lowest BCUT2D eigenvalue weighted by molar-refractivity contribution is -0.143. The second-order valence-corrected chi connectivity index (χ2v) is 8.16. The van der Waals surface area contributed by atoms with E-state index < -0.39 is 0 Å². The molecule has 2 aliphatic rings. The van der Waals surface area contributed by atoms with E-state index in [1.54, 1.807) is 0 Å². The van der Waals surface area contributed by atoms with Gasteiger partial charge >= 0.3 is 0 Å². The van der Waals surface area contributed by atoms with Crippen LogP contribution in [-0.4, -0.2) is 72.3 Å². The van der Waals surface area contributed by atoms with Gasteiger partial charge in [-0.2, -0.15) is 0 Å². The van der Waals surface area contributed by atoms with Gasteiger partial charge in [0.25, 0.3) is 0 Å². The Morgan fingerprint density at radius 2 is 1.56 bits per heavy atom. The molecule has 27 heavy (non-hydrogen) atoms. The molecule has 0 radical (unpaired) electrons. The van der Waals surface area contributed by atoms with E-state index in [1.807, 2.05) is 23.6 Å². The zero-order valence-corrected chi connectivity index (χ0v) is 16.8. The summed E-state index contributed by atoms with van der Waals surface area (Å²) in [5, 5.41) is 0. The lowest BCUT2D eigenvalue weighted by atomic mass is 9.94. The van der Waals surface area contributed by atoms with E-state index in [1.165, 1.54) is 5.56 Å². The van der Waals surface area contributed by atoms with E-state index >= 15 is 0 Å². The zero-order chi connectivity index (χ0) is 19.2. The van der Waals surface area contributed by atoms with Crippen molar-refractivity contribution < 1.29 is 9.59 Å². The minimum absolute atomic E-state index is 0.0428. The molecule has 3 rings (SSSR count). The van der Waals surface area contributed by atoms with E-state index in [4.69, 9.17) is 0 Å². The third-order valence-corrected chi connectivity index (χ3v) is 5.89. The molecule has 0 spiro atoms. The van der Waals surface area contributed by atoms with Crippen LogP contribution in [0.15, 0.2) is 30.3 Å². The van der Waals surface area contributed by atoms with Gasteiger partial charge in [-0.15, -0.1) is 0 Å². The summed E-state index contributed by atoms with van der Waals surface area (Å²) in [6.07, 6.45) is 2.69. The molecule has 2 aliphatic heterocycles. The third-order valence-electron chi connectivity index (χ3n) is 5.89. The Hall–Kier alpha value is -1.88. The molecule has 0 N–H and O–H groups in total. The van der Waals surface area contributed by atoms with Crippen LogP contribution in [0.5, 0.6) is 0 Å². The number of nitrogens with zero attached hydrogens (tertiary/aromatic N) is 3. The minimum Gasteiger partial charge on any atom is -0.342 e. The molecular weight excluding hydrogens is 338 g/mol. The molecule has 2 saturated heterocycles. The maximum Gasteiger partial charge on any atom is 0.225 e. The summed E-state index contributed by atoms with van der Waals surface area (Å²) in [7, 11) is 0. The molecule has 2 amide bonds. The number of hydrogen-bond acceptors (Lipinski definition) is 3. The second kappa shape index (κ2) is 9.36. The standard InChI is InChI=1S/C22H33N3O2/c1-18(2)21(26)24-12-9-20(10-13-24)22(27)25-16-14-23(15-17-25)11-8-19-6-4-3-5-7-19/h3-7,18,20H,8-17H2,1-2H3. The zero-order valence-electron chi connectivity index (χ0n) is 16.8. The van der Waals surface area contributed by atoms with E-state index in [-0.39, 0.29) is 17.7 Å². The Labute approximate surface area is 163 Å². The van der Waals surface area contributed by atoms with Crippen LogP contribution in [0.25, 0.3) is 0 Å². The summed E-state index contributed by atoms with van der Waals surface area (Å²) in [6.45, 7) is 9.98. The van der Waals surface area contributed by atoms with Gasteiger partial charge in [0.1, 0.15) is 0 Å². The SMILES string of the molecule is CC(C)C(=O)N1CCC(C(=O)N2CCN(CCc3ccccc3)CC2)CC1. The van der Waals surface area contributed by atoms with Crippen molar-refractivity contribution >= 4 is 11.8 Å². The van der Waals surface area contributed by atoms with Crippen molar-refractivity contribution in [2.75, 3.05) is 45.8 Å². The molecule has 5 nitrogen and oxygen atoms in total. The van der Waals surface area contributed by atoms with Crippen molar-refractivity contribution in [1.29, 1.82) is 0 Å². The first-order chi connectivity index (χ1) is 13.0. The fourth-order valence-electron chi connectivity index (χ4n) is 4.09. The van der Waals surface area contributed by atoms with Gasteiger partial charge in [-0.25, -0.2) is 0 Å². The van der Waals surface area contributed by atoms with Crippen LogP contribution in [0.3, 0.4) is 0 Å². The topological polar surface area (TPSA) is 43.9 Å². The Morgan fingerprint density at radius 3 is 2.15 bits per heavy atom. The highest BCUT2D eigenvalue weighted by atomic mass is 16.2. The molecule has 0 aliphatic carbocycles. The van der Waals surface area contributed by atoms with Crippen molar-refractivity contribution in [3.05, 3.63) is 35.9 Å². The molecule has 0 unspecified atom stereocenters. The summed E-state index contributed by atoms with van der Waals surface area (Å²) in [5.74, 6) is 0.653. The van der Waals surface area contributed by atoms with Crippen LogP contribution in [0.1, 0.15) is 32.3 Å². The number of amides is 2. The average Bonchev–Trinajstić information content (AvgIpc) is 2.72. The summed E-state index contributed by atoms with van der Waals surface area (Å²) in [6, 6.07) is 10.6. The normalized spacial score (nSPS) is 19.5. The molecule has 1 aromatic rings. The van der Waals surface area contributed by atoms with E-state index in [0.717, 1.165) is 65.1 Å². The Morgan fingerprint density at radius 1 is 0.926 bits per heavy atom. The van der Waals surface area contributed by atoms with Gasteiger partial charge in [-0.3, -0.25) is 14.5 Å². The fourth-order valence-corrected chi connectivity index (χ4v) is 4.09. The predicted octanol–water partition coefficient (Wildman–Crippen LogP) is 2.27. The van der Waals surface area contributed by atoms with Crippen LogP contribution in [-0.2, 0) is 16.0 Å². The minimum atomic E-state index is 0.0428. The summed E-state index contributed by atoms with van der Waals surface area (Å²) < 4.78 is 0. The number of carbonyl (C=O) groups excluding carboxylic acids is 2. The molecule has 0 saturated carbocycles. The van der Waals surface area contributed by atoms with Crippen LogP contribution in [0, 0.1) is 11.8 Å². The first-order valence-electron chi connectivity index (χ1n) is 10.4. The molecule has 0 atom stereocenters. The number of likely N-dealkylation sites (tertiary alicyclic amines) is 1. The van der Waals surface area contributed by atoms with Crippen molar-refractivity contribution in [2.45, 2.75) is 33.1 Å². The number of carbonyl (C=O) groups is 2. The van der Waals surface area contributed by atoms with Gasteiger partial charge in [0.2, 0.25) is 11.8 Å². The highest BCUT2D eigenvalue weighted by molar-refractivity contribution is 5.81. The molecule has 5 heteroatoms. The number of piperidine rings is 1. The molecule has 2 heterocycles. The molecule has 1 aromatic carbocycles. The van der Waals surface area contributed by atoms with Gasteiger partial charge < -0.3 is 9.80 Å². The number of hydrogen-bond donors (Lipinski definition) is 0. The summed E-state index contributed by atoms with van der Waals surface area (Å²) in [5.41, 5.74) is 1.37. The van der Waals surface area contributed by atoms with Crippen molar-refractivity contribution in [3.8, 4) is 0 Å². The van der Waals surface area contributed by atoms with E-state index in [9.17, 15) is 9.59 Å². The highest BCUT2D eigenvalue weighted by Gasteiger charge is 2.32. The maximum absolute atomic E-state index is 12.9. The monoisotopic (exact) mass is 371 g/mol. The van der Waals surface area contributed by atoms with Crippen LogP contribution >= 0.6 is 0 Å². The number of piperazine rings is 1. The first kappa shape index (κ1) is 19.9. The van der Waals surface area contributed by atoms with Gasteiger partial charge in [-0.05, 0) is 24.8 Å². The maximum atomic E-state index is 12.9. The predicted molar refractivity (Wildman–Crippen MR) is 107 cm³/mol.